The monoisotopic (exact) mass is 267 g/mol. The topological polar surface area (TPSA) is 58.4 Å². The van der Waals surface area contributed by atoms with Crippen LogP contribution in [-0.2, 0) is 11.2 Å². The number of amides is 1. The van der Waals surface area contributed by atoms with Crippen LogP contribution in [0.5, 0.6) is 0 Å². The van der Waals surface area contributed by atoms with E-state index in [0.29, 0.717) is 6.42 Å². The number of benzene rings is 2. The third-order valence-electron chi connectivity index (χ3n) is 3.63. The summed E-state index contributed by atoms with van der Waals surface area (Å²) in [5, 5.41) is 2.90. The highest BCUT2D eigenvalue weighted by molar-refractivity contribution is 5.94. The number of nitrogens with two attached hydrogens (primary N) is 1. The Morgan fingerprint density at radius 1 is 1.10 bits per heavy atom. The molecule has 0 aromatic heterocycles. The van der Waals surface area contributed by atoms with Crippen molar-refractivity contribution in [3.63, 3.8) is 0 Å². The Balaban J connectivity index is 1.93. The van der Waals surface area contributed by atoms with Gasteiger partial charge in [-0.3, -0.25) is 4.79 Å². The molecule has 1 aliphatic heterocycles. The number of aryl methyl sites for hydroxylation is 1. The molecule has 0 aliphatic carbocycles. The highest BCUT2D eigenvalue weighted by Crippen LogP contribution is 2.30. The first-order valence-electron chi connectivity index (χ1n) is 6.65. The molecule has 0 saturated heterocycles. The highest BCUT2D eigenvalue weighted by atomic mass is 16.1. The van der Waals surface area contributed by atoms with E-state index < -0.39 is 0 Å². The van der Waals surface area contributed by atoms with Crippen LogP contribution in [0.1, 0.15) is 12.0 Å². The van der Waals surface area contributed by atoms with E-state index in [2.05, 4.69) is 16.3 Å². The molecule has 0 fully saturated rings. The average molecular weight is 267 g/mol. The maximum Gasteiger partial charge on any atom is 0.224 e. The minimum absolute atomic E-state index is 0.0921. The molecule has 4 heteroatoms. The highest BCUT2D eigenvalue weighted by Gasteiger charge is 2.15. The molecule has 102 valence electrons. The first-order chi connectivity index (χ1) is 9.63. The van der Waals surface area contributed by atoms with Gasteiger partial charge in [0, 0.05) is 36.2 Å². The summed E-state index contributed by atoms with van der Waals surface area (Å²) in [6, 6.07) is 13.9. The smallest absolute Gasteiger partial charge is 0.224 e. The van der Waals surface area contributed by atoms with Crippen molar-refractivity contribution < 1.29 is 4.79 Å². The molecule has 1 amide bonds. The predicted molar refractivity (Wildman–Crippen MR) is 82.3 cm³/mol. The van der Waals surface area contributed by atoms with Gasteiger partial charge in [-0.1, -0.05) is 6.07 Å². The fourth-order valence-electron chi connectivity index (χ4n) is 2.46. The lowest BCUT2D eigenvalue weighted by atomic mass is 10.0. The quantitative estimate of drug-likeness (QED) is 0.822. The summed E-state index contributed by atoms with van der Waals surface area (Å²) in [7, 11) is 2.01. The Morgan fingerprint density at radius 3 is 2.70 bits per heavy atom. The van der Waals surface area contributed by atoms with E-state index >= 15 is 0 Å². The Bertz CT molecular complexity index is 667. The molecule has 3 rings (SSSR count). The van der Waals surface area contributed by atoms with Crippen LogP contribution in [-0.4, -0.2) is 13.0 Å². The lowest BCUT2D eigenvalue weighted by Gasteiger charge is -2.23. The van der Waals surface area contributed by atoms with Gasteiger partial charge in [0.25, 0.3) is 0 Å². The Labute approximate surface area is 118 Å². The number of nitrogens with zero attached hydrogens (tertiary/aromatic N) is 1. The second kappa shape index (κ2) is 4.89. The van der Waals surface area contributed by atoms with Gasteiger partial charge in [0.05, 0.1) is 0 Å². The van der Waals surface area contributed by atoms with Crippen molar-refractivity contribution in [2.75, 3.05) is 23.0 Å². The summed E-state index contributed by atoms with van der Waals surface area (Å²) in [4.78, 5) is 13.5. The van der Waals surface area contributed by atoms with Crippen molar-refractivity contribution in [1.29, 1.82) is 0 Å². The largest absolute Gasteiger partial charge is 0.399 e. The second-order valence-electron chi connectivity index (χ2n) is 5.04. The van der Waals surface area contributed by atoms with Gasteiger partial charge < -0.3 is 16.0 Å². The van der Waals surface area contributed by atoms with Crippen LogP contribution in [0.4, 0.5) is 22.7 Å². The van der Waals surface area contributed by atoms with Crippen LogP contribution < -0.4 is 16.0 Å². The maximum atomic E-state index is 11.4. The van der Waals surface area contributed by atoms with Crippen molar-refractivity contribution >= 4 is 28.7 Å². The number of carbonyl (C=O) groups excluding carboxylic acids is 1. The van der Waals surface area contributed by atoms with Crippen LogP contribution in [0.3, 0.4) is 0 Å². The van der Waals surface area contributed by atoms with E-state index in [0.717, 1.165) is 29.2 Å². The first kappa shape index (κ1) is 12.5. The molecule has 1 heterocycles. The zero-order chi connectivity index (χ0) is 14.1. The minimum Gasteiger partial charge on any atom is -0.399 e. The third kappa shape index (κ3) is 2.32. The molecule has 0 spiro atoms. The van der Waals surface area contributed by atoms with Gasteiger partial charge in [0.1, 0.15) is 0 Å². The van der Waals surface area contributed by atoms with Crippen molar-refractivity contribution in [3.8, 4) is 0 Å². The molecule has 1 aliphatic rings. The maximum absolute atomic E-state index is 11.4. The normalized spacial score (nSPS) is 13.6. The number of carbonyl (C=O) groups is 1. The van der Waals surface area contributed by atoms with Gasteiger partial charge >= 0.3 is 0 Å². The van der Waals surface area contributed by atoms with Crippen LogP contribution in [0, 0.1) is 0 Å². The number of nitrogens with one attached hydrogen (secondary N) is 1. The zero-order valence-electron chi connectivity index (χ0n) is 11.4. The molecule has 0 atom stereocenters. The van der Waals surface area contributed by atoms with Crippen LogP contribution in [0.15, 0.2) is 42.5 Å². The minimum atomic E-state index is 0.0921. The van der Waals surface area contributed by atoms with Crippen LogP contribution >= 0.6 is 0 Å². The van der Waals surface area contributed by atoms with Crippen LogP contribution in [0.2, 0.25) is 0 Å². The van der Waals surface area contributed by atoms with E-state index in [1.165, 1.54) is 5.56 Å². The number of fused-ring (bicyclic) bond motifs is 1. The van der Waals surface area contributed by atoms with E-state index in [9.17, 15) is 4.79 Å². The van der Waals surface area contributed by atoms with Gasteiger partial charge in [-0.2, -0.15) is 0 Å². The zero-order valence-corrected chi connectivity index (χ0v) is 11.4. The molecule has 2 aromatic rings. The SMILES string of the molecule is CN(c1cccc(N)c1)c1ccc2c(c1)CCC(=O)N2. The summed E-state index contributed by atoms with van der Waals surface area (Å²) in [6.07, 6.45) is 1.35. The van der Waals surface area contributed by atoms with Gasteiger partial charge in [-0.05, 0) is 48.4 Å². The molecule has 4 nitrogen and oxygen atoms in total. The van der Waals surface area contributed by atoms with Gasteiger partial charge in [-0.25, -0.2) is 0 Å². The van der Waals surface area contributed by atoms with E-state index in [1.54, 1.807) is 0 Å². The Hall–Kier alpha value is -2.49. The molecule has 0 bridgehead atoms. The fourth-order valence-corrected chi connectivity index (χ4v) is 2.46. The standard InChI is InChI=1S/C16H17N3O/c1-19(13-4-2-3-12(17)10-13)14-6-7-15-11(9-14)5-8-16(20)18-15/h2-4,6-7,9-10H,5,8,17H2,1H3,(H,18,20). The van der Waals surface area contributed by atoms with Crippen molar-refractivity contribution in [3.05, 3.63) is 48.0 Å². The third-order valence-corrected chi connectivity index (χ3v) is 3.63. The lowest BCUT2D eigenvalue weighted by molar-refractivity contribution is -0.116. The summed E-state index contributed by atoms with van der Waals surface area (Å²) in [5.74, 6) is 0.0921. The van der Waals surface area contributed by atoms with Crippen LogP contribution in [0.25, 0.3) is 0 Å². The number of nitrogen functional groups attached to an aromatic ring is 1. The van der Waals surface area contributed by atoms with Crippen molar-refractivity contribution in [2.24, 2.45) is 0 Å². The van der Waals surface area contributed by atoms with Crippen molar-refractivity contribution in [2.45, 2.75) is 12.8 Å². The summed E-state index contributed by atoms with van der Waals surface area (Å²) in [5.41, 5.74) is 10.8. The fraction of sp³-hybridized carbons (Fsp3) is 0.188. The van der Waals surface area contributed by atoms with E-state index in [4.69, 9.17) is 5.73 Å². The number of hydrogen-bond donors (Lipinski definition) is 2. The van der Waals surface area contributed by atoms with Gasteiger partial charge in [0.15, 0.2) is 0 Å². The second-order valence-corrected chi connectivity index (χ2v) is 5.04. The Morgan fingerprint density at radius 2 is 1.90 bits per heavy atom. The Kier molecular flexibility index (Phi) is 3.06. The molecule has 2 aromatic carbocycles. The van der Waals surface area contributed by atoms with Gasteiger partial charge in [0.2, 0.25) is 5.91 Å². The number of anilines is 4. The molecule has 3 N–H and O–H groups in total. The molecular weight excluding hydrogens is 250 g/mol. The number of rotatable bonds is 2. The van der Waals surface area contributed by atoms with Crippen molar-refractivity contribution in [1.82, 2.24) is 0 Å². The molecule has 0 unspecified atom stereocenters. The first-order valence-corrected chi connectivity index (χ1v) is 6.65. The lowest BCUT2D eigenvalue weighted by Crippen LogP contribution is -2.19. The molecule has 20 heavy (non-hydrogen) atoms. The summed E-state index contributed by atoms with van der Waals surface area (Å²) >= 11 is 0. The van der Waals surface area contributed by atoms with E-state index in [-0.39, 0.29) is 5.91 Å². The summed E-state index contributed by atoms with van der Waals surface area (Å²) < 4.78 is 0. The predicted octanol–water partition coefficient (Wildman–Crippen LogP) is 2.92. The molecule has 0 saturated carbocycles. The summed E-state index contributed by atoms with van der Waals surface area (Å²) in [6.45, 7) is 0. The van der Waals surface area contributed by atoms with Gasteiger partial charge in [-0.15, -0.1) is 0 Å². The molecule has 0 radical (unpaired) electrons. The van der Waals surface area contributed by atoms with E-state index in [1.807, 2.05) is 43.4 Å². The number of hydrogen-bond acceptors (Lipinski definition) is 3. The average Bonchev–Trinajstić information content (AvgIpc) is 2.46. The molecular formula is C16H17N3O.